The average molecular weight is 720 g/mol. The van der Waals surface area contributed by atoms with Crippen molar-refractivity contribution in [3.63, 3.8) is 0 Å². The average Bonchev–Trinajstić information content (AvgIpc) is 3.55. The number of furan rings is 1. The van der Waals surface area contributed by atoms with E-state index in [0.717, 1.165) is 55.5 Å². The first-order valence-corrected chi connectivity index (χ1v) is 19.3. The Morgan fingerprint density at radius 2 is 0.782 bits per heavy atom. The van der Waals surface area contributed by atoms with Crippen LogP contribution in [0, 0.1) is 0 Å². The molecule has 8 aromatic rings. The number of benzene rings is 6. The summed E-state index contributed by atoms with van der Waals surface area (Å²) in [5.41, 5.74) is 12.9. The van der Waals surface area contributed by atoms with E-state index in [4.69, 9.17) is 19.4 Å². The van der Waals surface area contributed by atoms with Gasteiger partial charge in [-0.2, -0.15) is 0 Å². The molecule has 55 heavy (non-hydrogen) atoms. The van der Waals surface area contributed by atoms with E-state index in [1.54, 1.807) is 0 Å². The van der Waals surface area contributed by atoms with Gasteiger partial charge in [-0.1, -0.05) is 172 Å². The fourth-order valence-corrected chi connectivity index (χ4v) is 7.32. The predicted octanol–water partition coefficient (Wildman–Crippen LogP) is 14.0. The number of fused-ring (bicyclic) bond motifs is 3. The summed E-state index contributed by atoms with van der Waals surface area (Å²) in [5.74, 6) is 1.92. The highest BCUT2D eigenvalue weighted by molar-refractivity contribution is 6.09. The summed E-state index contributed by atoms with van der Waals surface area (Å²) in [6.07, 6.45) is 0. The SMILES string of the molecule is CC(C)(C)c1cc(C(C)(C)C)c2oc3c(C(C)(C)C)cc(-c4ccc(-c5nc(-c6ccccc6)nc(-c6cccc(-c7ccccc7)c6)n5)cc4)cc3c2c1. The normalized spacial score (nSPS) is 12.5. The topological polar surface area (TPSA) is 51.8 Å². The first-order chi connectivity index (χ1) is 26.1. The van der Waals surface area contributed by atoms with Crippen LogP contribution in [0.1, 0.15) is 79.0 Å². The molecule has 0 N–H and O–H groups in total. The molecule has 2 heterocycles. The van der Waals surface area contributed by atoms with Gasteiger partial charge in [0.2, 0.25) is 0 Å². The molecule has 274 valence electrons. The van der Waals surface area contributed by atoms with E-state index in [-0.39, 0.29) is 16.2 Å². The predicted molar refractivity (Wildman–Crippen MR) is 230 cm³/mol. The highest BCUT2D eigenvalue weighted by Gasteiger charge is 2.28. The molecule has 0 aliphatic rings. The van der Waals surface area contributed by atoms with Gasteiger partial charge in [-0.15, -0.1) is 0 Å². The Morgan fingerprint density at radius 3 is 1.35 bits per heavy atom. The van der Waals surface area contributed by atoms with Gasteiger partial charge in [-0.05, 0) is 68.3 Å². The van der Waals surface area contributed by atoms with Gasteiger partial charge in [0, 0.05) is 38.6 Å². The quantitative estimate of drug-likeness (QED) is 0.178. The van der Waals surface area contributed by atoms with Crippen molar-refractivity contribution < 1.29 is 4.42 Å². The Labute approximate surface area is 325 Å². The zero-order valence-electron chi connectivity index (χ0n) is 33.5. The van der Waals surface area contributed by atoms with Crippen molar-refractivity contribution in [3.05, 3.63) is 150 Å². The number of nitrogens with zero attached hydrogens (tertiary/aromatic N) is 3. The molecule has 4 heteroatoms. The smallest absolute Gasteiger partial charge is 0.164 e. The molecule has 0 radical (unpaired) electrons. The maximum absolute atomic E-state index is 6.91. The Kier molecular flexibility index (Phi) is 8.84. The van der Waals surface area contributed by atoms with Gasteiger partial charge < -0.3 is 4.42 Å². The number of hydrogen-bond donors (Lipinski definition) is 0. The van der Waals surface area contributed by atoms with Gasteiger partial charge in [-0.25, -0.2) is 15.0 Å². The van der Waals surface area contributed by atoms with Crippen molar-refractivity contribution in [2.24, 2.45) is 0 Å². The van der Waals surface area contributed by atoms with E-state index in [9.17, 15) is 0 Å². The van der Waals surface area contributed by atoms with Crippen LogP contribution in [-0.4, -0.2) is 15.0 Å². The monoisotopic (exact) mass is 719 g/mol. The number of hydrogen-bond acceptors (Lipinski definition) is 4. The van der Waals surface area contributed by atoms with Crippen LogP contribution >= 0.6 is 0 Å². The standard InChI is InChI=1S/C51H49N3O/c1-49(2,3)39-30-41-40-28-38(29-42(50(4,5)6)44(40)55-45(41)43(31-39)51(7,8)9)33-23-25-35(26-24-33)47-52-46(34-19-14-11-15-20-34)53-48(54-47)37-22-16-21-36(27-37)32-17-12-10-13-18-32/h10-31H,1-9H3. The lowest BCUT2D eigenvalue weighted by atomic mass is 9.79. The van der Waals surface area contributed by atoms with Crippen LogP contribution in [0.2, 0.25) is 0 Å². The lowest BCUT2D eigenvalue weighted by molar-refractivity contribution is 0.550. The van der Waals surface area contributed by atoms with Gasteiger partial charge in [0.15, 0.2) is 17.5 Å². The van der Waals surface area contributed by atoms with Gasteiger partial charge in [-0.3, -0.25) is 0 Å². The molecule has 0 amide bonds. The first kappa shape index (κ1) is 36.1. The lowest BCUT2D eigenvalue weighted by Gasteiger charge is -2.25. The summed E-state index contributed by atoms with van der Waals surface area (Å²) in [4.78, 5) is 15.1. The second kappa shape index (κ2) is 13.5. The zero-order valence-corrected chi connectivity index (χ0v) is 33.5. The van der Waals surface area contributed by atoms with Crippen molar-refractivity contribution in [2.45, 2.75) is 78.6 Å². The Balaban J connectivity index is 1.26. The second-order valence-electron chi connectivity index (χ2n) is 17.8. The summed E-state index contributed by atoms with van der Waals surface area (Å²) in [5, 5.41) is 2.34. The van der Waals surface area contributed by atoms with Crippen molar-refractivity contribution in [1.82, 2.24) is 15.0 Å². The molecule has 0 unspecified atom stereocenters. The molecule has 0 saturated carbocycles. The van der Waals surface area contributed by atoms with Crippen LogP contribution in [0.4, 0.5) is 0 Å². The molecule has 0 aliphatic carbocycles. The number of aromatic nitrogens is 3. The zero-order chi connectivity index (χ0) is 38.7. The van der Waals surface area contributed by atoms with Crippen LogP contribution in [-0.2, 0) is 16.2 Å². The molecule has 6 aromatic carbocycles. The van der Waals surface area contributed by atoms with Gasteiger partial charge in [0.25, 0.3) is 0 Å². The summed E-state index contributed by atoms with van der Waals surface area (Å²) >= 11 is 0. The minimum absolute atomic E-state index is 0.00194. The molecule has 8 rings (SSSR count). The van der Waals surface area contributed by atoms with Crippen molar-refractivity contribution in [3.8, 4) is 56.4 Å². The highest BCUT2D eigenvalue weighted by Crippen LogP contribution is 2.44. The van der Waals surface area contributed by atoms with E-state index >= 15 is 0 Å². The number of rotatable bonds is 5. The third kappa shape index (κ3) is 7.10. The first-order valence-electron chi connectivity index (χ1n) is 19.3. The minimum Gasteiger partial charge on any atom is -0.455 e. The second-order valence-corrected chi connectivity index (χ2v) is 17.8. The molecule has 0 atom stereocenters. The maximum atomic E-state index is 6.91. The van der Waals surface area contributed by atoms with Gasteiger partial charge >= 0.3 is 0 Å². The van der Waals surface area contributed by atoms with Crippen molar-refractivity contribution in [1.29, 1.82) is 0 Å². The largest absolute Gasteiger partial charge is 0.455 e. The molecule has 0 fully saturated rings. The third-order valence-electron chi connectivity index (χ3n) is 10.5. The Morgan fingerprint density at radius 1 is 0.345 bits per heavy atom. The van der Waals surface area contributed by atoms with E-state index < -0.39 is 0 Å². The fourth-order valence-electron chi connectivity index (χ4n) is 7.32. The van der Waals surface area contributed by atoms with Crippen LogP contribution in [0.25, 0.3) is 78.4 Å². The van der Waals surface area contributed by atoms with E-state index in [0.29, 0.717) is 17.5 Å². The molecule has 4 nitrogen and oxygen atoms in total. The molecular formula is C51H49N3O. The van der Waals surface area contributed by atoms with E-state index in [2.05, 4.69) is 159 Å². The van der Waals surface area contributed by atoms with E-state index in [1.807, 2.05) is 36.4 Å². The molecule has 0 spiro atoms. The molecule has 0 aliphatic heterocycles. The minimum atomic E-state index is -0.135. The molecule has 0 bridgehead atoms. The summed E-state index contributed by atoms with van der Waals surface area (Å²) < 4.78 is 6.91. The van der Waals surface area contributed by atoms with Crippen LogP contribution in [0.5, 0.6) is 0 Å². The summed E-state index contributed by atoms with van der Waals surface area (Å²) in [7, 11) is 0. The Bertz CT molecular complexity index is 2670. The van der Waals surface area contributed by atoms with Gasteiger partial charge in [0.05, 0.1) is 0 Å². The van der Waals surface area contributed by atoms with Gasteiger partial charge in [0.1, 0.15) is 11.2 Å². The molecule has 2 aromatic heterocycles. The highest BCUT2D eigenvalue weighted by atomic mass is 16.3. The summed E-state index contributed by atoms with van der Waals surface area (Å²) in [6.45, 7) is 20.5. The Hall–Kier alpha value is -5.87. The van der Waals surface area contributed by atoms with Crippen molar-refractivity contribution in [2.75, 3.05) is 0 Å². The van der Waals surface area contributed by atoms with E-state index in [1.165, 1.54) is 22.1 Å². The lowest BCUT2D eigenvalue weighted by Crippen LogP contribution is -2.16. The van der Waals surface area contributed by atoms with Crippen LogP contribution in [0.3, 0.4) is 0 Å². The van der Waals surface area contributed by atoms with Crippen LogP contribution < -0.4 is 0 Å². The molecular weight excluding hydrogens is 671 g/mol. The maximum Gasteiger partial charge on any atom is 0.164 e. The fraction of sp³-hybridized carbons (Fsp3) is 0.235. The molecule has 0 saturated heterocycles. The third-order valence-corrected chi connectivity index (χ3v) is 10.5. The van der Waals surface area contributed by atoms with Crippen molar-refractivity contribution >= 4 is 21.9 Å². The summed E-state index contributed by atoms with van der Waals surface area (Å²) in [6, 6.07) is 46.9. The van der Waals surface area contributed by atoms with Crippen LogP contribution in [0.15, 0.2) is 138 Å².